The molecule has 11 heteroatoms. The number of aryl methyl sites for hydroxylation is 1. The Labute approximate surface area is 152 Å². The number of fused-ring (bicyclic) bond motifs is 1. The third kappa shape index (κ3) is 2.83. The normalized spacial score (nSPS) is 11.7. The predicted molar refractivity (Wildman–Crippen MR) is 95.4 cm³/mol. The van der Waals surface area contributed by atoms with Crippen LogP contribution >= 0.6 is 0 Å². The molecule has 0 N–H and O–H groups in total. The van der Waals surface area contributed by atoms with E-state index in [0.29, 0.717) is 16.6 Å². The lowest BCUT2D eigenvalue weighted by molar-refractivity contribution is -0.384. The zero-order valence-electron chi connectivity index (χ0n) is 13.9. The highest BCUT2D eigenvalue weighted by Gasteiger charge is 2.22. The average Bonchev–Trinajstić information content (AvgIpc) is 3.27. The van der Waals surface area contributed by atoms with Crippen LogP contribution in [-0.4, -0.2) is 37.3 Å². The highest BCUT2D eigenvalue weighted by atomic mass is 32.2. The van der Waals surface area contributed by atoms with E-state index in [4.69, 9.17) is 0 Å². The molecule has 27 heavy (non-hydrogen) atoms. The summed E-state index contributed by atoms with van der Waals surface area (Å²) in [6, 6.07) is 6.30. The number of pyridine rings is 1. The van der Waals surface area contributed by atoms with Crippen LogP contribution in [0, 0.1) is 10.1 Å². The van der Waals surface area contributed by atoms with Gasteiger partial charge in [-0.2, -0.15) is 22.7 Å². The zero-order valence-corrected chi connectivity index (χ0v) is 14.7. The molecule has 10 nitrogen and oxygen atoms in total. The number of hydrogen-bond acceptors (Lipinski definition) is 7. The fourth-order valence-corrected chi connectivity index (χ4v) is 3.90. The highest BCUT2D eigenvalue weighted by molar-refractivity contribution is 7.90. The summed E-state index contributed by atoms with van der Waals surface area (Å²) in [5.74, 6) is 0. The Morgan fingerprint density at radius 1 is 1.04 bits per heavy atom. The van der Waals surface area contributed by atoms with Crippen LogP contribution in [0.1, 0.15) is 0 Å². The monoisotopic (exact) mass is 384 g/mol. The summed E-state index contributed by atoms with van der Waals surface area (Å²) in [6.45, 7) is 0. The average molecular weight is 384 g/mol. The molecule has 136 valence electrons. The van der Waals surface area contributed by atoms with Gasteiger partial charge in [0.25, 0.3) is 15.7 Å². The standard InChI is InChI=1S/C16H12N6O4S/c1-20-10-12(8-18-20)11-6-16-15(17-7-11)9-19-21(16)27(25,26)14-4-2-13(3-5-14)22(23)24/h2-10H,1H3. The van der Waals surface area contributed by atoms with Crippen LogP contribution in [0.5, 0.6) is 0 Å². The van der Waals surface area contributed by atoms with Gasteiger partial charge in [0, 0.05) is 42.7 Å². The Kier molecular flexibility index (Phi) is 3.73. The number of aromatic nitrogens is 5. The van der Waals surface area contributed by atoms with E-state index in [9.17, 15) is 18.5 Å². The lowest BCUT2D eigenvalue weighted by Crippen LogP contribution is -2.14. The number of nitro benzene ring substituents is 1. The summed E-state index contributed by atoms with van der Waals surface area (Å²) in [7, 11) is -2.26. The van der Waals surface area contributed by atoms with E-state index in [1.165, 1.54) is 18.3 Å². The molecule has 0 fully saturated rings. The van der Waals surface area contributed by atoms with Crippen molar-refractivity contribution in [2.75, 3.05) is 0 Å². The predicted octanol–water partition coefficient (Wildman–Crippen LogP) is 1.98. The lowest BCUT2D eigenvalue weighted by atomic mass is 10.1. The van der Waals surface area contributed by atoms with Gasteiger partial charge in [-0.3, -0.25) is 19.8 Å². The van der Waals surface area contributed by atoms with Crippen LogP contribution in [0.3, 0.4) is 0 Å². The maximum Gasteiger partial charge on any atom is 0.283 e. The van der Waals surface area contributed by atoms with Gasteiger partial charge < -0.3 is 0 Å². The molecule has 0 aliphatic rings. The molecule has 0 aliphatic heterocycles. The molecule has 0 saturated carbocycles. The Hall–Kier alpha value is -3.60. The van der Waals surface area contributed by atoms with Gasteiger partial charge in [-0.05, 0) is 18.2 Å². The van der Waals surface area contributed by atoms with Gasteiger partial charge >= 0.3 is 0 Å². The van der Waals surface area contributed by atoms with Gasteiger partial charge in [0.15, 0.2) is 0 Å². The number of hydrogen-bond donors (Lipinski definition) is 0. The molecule has 0 unspecified atom stereocenters. The Bertz CT molecular complexity index is 1270. The van der Waals surface area contributed by atoms with Gasteiger partial charge in [0.1, 0.15) is 11.0 Å². The second kappa shape index (κ2) is 5.99. The molecule has 1 aromatic carbocycles. The zero-order chi connectivity index (χ0) is 19.2. The summed E-state index contributed by atoms with van der Waals surface area (Å²) in [6.07, 6.45) is 6.40. The van der Waals surface area contributed by atoms with Crippen molar-refractivity contribution >= 4 is 26.7 Å². The fourth-order valence-electron chi connectivity index (χ4n) is 2.65. The number of benzene rings is 1. The Balaban J connectivity index is 1.83. The molecule has 3 heterocycles. The van der Waals surface area contributed by atoms with Crippen molar-refractivity contribution in [1.82, 2.24) is 24.0 Å². The molecule has 3 aromatic heterocycles. The summed E-state index contributed by atoms with van der Waals surface area (Å²) in [5, 5.41) is 18.8. The van der Waals surface area contributed by atoms with Crippen molar-refractivity contribution in [2.24, 2.45) is 7.05 Å². The first-order chi connectivity index (χ1) is 12.9. The Morgan fingerprint density at radius 3 is 2.41 bits per heavy atom. The van der Waals surface area contributed by atoms with Gasteiger partial charge in [-0.15, -0.1) is 0 Å². The number of nitrogens with zero attached hydrogens (tertiary/aromatic N) is 6. The van der Waals surface area contributed by atoms with E-state index < -0.39 is 14.9 Å². The van der Waals surface area contributed by atoms with Crippen molar-refractivity contribution < 1.29 is 13.3 Å². The minimum atomic E-state index is -4.04. The highest BCUT2D eigenvalue weighted by Crippen LogP contribution is 2.25. The van der Waals surface area contributed by atoms with Crippen LogP contribution in [0.15, 0.2) is 60.0 Å². The van der Waals surface area contributed by atoms with Crippen LogP contribution < -0.4 is 0 Å². The molecule has 0 radical (unpaired) electrons. The quantitative estimate of drug-likeness (QED) is 0.389. The molecular weight excluding hydrogens is 372 g/mol. The van der Waals surface area contributed by atoms with Gasteiger partial charge in [0.05, 0.1) is 22.2 Å². The molecular formula is C16H12N6O4S. The third-order valence-electron chi connectivity index (χ3n) is 4.00. The molecule has 0 amide bonds. The first kappa shape index (κ1) is 16.8. The molecule has 0 saturated heterocycles. The molecule has 4 aromatic rings. The first-order valence-corrected chi connectivity index (χ1v) is 9.13. The van der Waals surface area contributed by atoms with Crippen molar-refractivity contribution in [3.8, 4) is 11.1 Å². The number of rotatable bonds is 4. The van der Waals surface area contributed by atoms with Crippen LogP contribution in [0.25, 0.3) is 22.2 Å². The van der Waals surface area contributed by atoms with Crippen molar-refractivity contribution in [3.05, 3.63) is 65.2 Å². The fraction of sp³-hybridized carbons (Fsp3) is 0.0625. The van der Waals surface area contributed by atoms with E-state index in [2.05, 4.69) is 15.2 Å². The topological polar surface area (TPSA) is 126 Å². The molecule has 0 atom stereocenters. The second-order valence-corrected chi connectivity index (χ2v) is 7.54. The summed E-state index contributed by atoms with van der Waals surface area (Å²) >= 11 is 0. The van der Waals surface area contributed by atoms with Crippen molar-refractivity contribution in [1.29, 1.82) is 0 Å². The van der Waals surface area contributed by atoms with E-state index in [1.807, 2.05) is 0 Å². The van der Waals surface area contributed by atoms with Crippen LogP contribution in [0.4, 0.5) is 5.69 Å². The number of nitro groups is 1. The summed E-state index contributed by atoms with van der Waals surface area (Å²) < 4.78 is 28.4. The molecule has 0 bridgehead atoms. The summed E-state index contributed by atoms with van der Waals surface area (Å²) in [5.41, 5.74) is 1.99. The molecule has 4 rings (SSSR count). The summed E-state index contributed by atoms with van der Waals surface area (Å²) in [4.78, 5) is 14.3. The van der Waals surface area contributed by atoms with Crippen LogP contribution in [0.2, 0.25) is 0 Å². The van der Waals surface area contributed by atoms with E-state index in [0.717, 1.165) is 21.8 Å². The lowest BCUT2D eigenvalue weighted by Gasteiger charge is -2.06. The minimum Gasteiger partial charge on any atom is -0.275 e. The van der Waals surface area contributed by atoms with Gasteiger partial charge in [0.2, 0.25) is 0 Å². The number of non-ortho nitro benzene ring substituents is 1. The van der Waals surface area contributed by atoms with Gasteiger partial charge in [-0.1, -0.05) is 0 Å². The maximum atomic E-state index is 12.9. The maximum absolute atomic E-state index is 12.9. The Morgan fingerprint density at radius 2 is 1.78 bits per heavy atom. The first-order valence-electron chi connectivity index (χ1n) is 7.69. The van der Waals surface area contributed by atoms with E-state index in [1.54, 1.807) is 36.4 Å². The molecule has 0 spiro atoms. The third-order valence-corrected chi connectivity index (χ3v) is 5.61. The molecule has 0 aliphatic carbocycles. The van der Waals surface area contributed by atoms with E-state index in [-0.39, 0.29) is 10.6 Å². The minimum absolute atomic E-state index is 0.107. The van der Waals surface area contributed by atoms with Gasteiger partial charge in [-0.25, -0.2) is 0 Å². The van der Waals surface area contributed by atoms with Crippen molar-refractivity contribution in [3.63, 3.8) is 0 Å². The van der Waals surface area contributed by atoms with Crippen LogP contribution in [-0.2, 0) is 17.1 Å². The smallest absolute Gasteiger partial charge is 0.275 e. The largest absolute Gasteiger partial charge is 0.283 e. The second-order valence-electron chi connectivity index (χ2n) is 5.77. The van der Waals surface area contributed by atoms with E-state index >= 15 is 0 Å². The van der Waals surface area contributed by atoms with Crippen molar-refractivity contribution in [2.45, 2.75) is 4.90 Å². The SMILES string of the molecule is Cn1cc(-c2cnc3cnn(S(=O)(=O)c4ccc([N+](=O)[O-])cc4)c3c2)cn1.